The van der Waals surface area contributed by atoms with E-state index in [2.05, 4.69) is 11.0 Å². The third-order valence-electron chi connectivity index (χ3n) is 4.61. The summed E-state index contributed by atoms with van der Waals surface area (Å²) in [6.07, 6.45) is 4.66. The van der Waals surface area contributed by atoms with Gasteiger partial charge in [0.05, 0.1) is 6.61 Å². The number of rotatable bonds is 3. The van der Waals surface area contributed by atoms with Gasteiger partial charge in [0.15, 0.2) is 0 Å². The number of aromatic hydroxyl groups is 1. The van der Waals surface area contributed by atoms with Crippen LogP contribution in [0.15, 0.2) is 18.2 Å². The summed E-state index contributed by atoms with van der Waals surface area (Å²) in [7, 11) is 1.79. The van der Waals surface area contributed by atoms with Gasteiger partial charge >= 0.3 is 0 Å². The van der Waals surface area contributed by atoms with Gasteiger partial charge in [-0.3, -0.25) is 4.90 Å². The van der Waals surface area contributed by atoms with Crippen LogP contribution in [-0.2, 0) is 11.2 Å². The summed E-state index contributed by atoms with van der Waals surface area (Å²) in [5.74, 6) is 1.16. The maximum atomic E-state index is 10.0. The molecule has 1 aliphatic carbocycles. The Bertz CT molecular complexity index is 446. The molecule has 1 fully saturated rings. The number of fused-ring (bicyclic) bond motifs is 1. The van der Waals surface area contributed by atoms with E-state index in [1.807, 2.05) is 12.1 Å². The van der Waals surface area contributed by atoms with Crippen LogP contribution in [0, 0.1) is 5.92 Å². The first kappa shape index (κ1) is 12.9. The van der Waals surface area contributed by atoms with Crippen LogP contribution in [0.3, 0.4) is 0 Å². The molecule has 104 valence electrons. The van der Waals surface area contributed by atoms with Gasteiger partial charge in [-0.1, -0.05) is 12.1 Å². The number of hydrogen-bond acceptors (Lipinski definition) is 3. The van der Waals surface area contributed by atoms with E-state index < -0.39 is 0 Å². The van der Waals surface area contributed by atoms with E-state index >= 15 is 0 Å². The van der Waals surface area contributed by atoms with Gasteiger partial charge in [0.1, 0.15) is 5.75 Å². The lowest BCUT2D eigenvalue weighted by molar-refractivity contribution is 0.144. The van der Waals surface area contributed by atoms with Crippen molar-refractivity contribution in [1.82, 2.24) is 4.90 Å². The molecule has 0 spiro atoms. The number of benzene rings is 1. The number of likely N-dealkylation sites (tertiary alicyclic amines) is 1. The molecule has 0 radical (unpaired) electrons. The van der Waals surface area contributed by atoms with Gasteiger partial charge in [0.25, 0.3) is 0 Å². The molecule has 1 aromatic rings. The van der Waals surface area contributed by atoms with Crippen molar-refractivity contribution in [2.24, 2.45) is 5.92 Å². The highest BCUT2D eigenvalue weighted by molar-refractivity contribution is 5.42. The topological polar surface area (TPSA) is 32.7 Å². The summed E-state index contributed by atoms with van der Waals surface area (Å²) < 4.78 is 5.28. The highest BCUT2D eigenvalue weighted by Crippen LogP contribution is 2.40. The van der Waals surface area contributed by atoms with Crippen LogP contribution in [0.1, 0.15) is 36.4 Å². The molecule has 1 aliphatic heterocycles. The molecule has 19 heavy (non-hydrogen) atoms. The fourth-order valence-corrected chi connectivity index (χ4v) is 3.70. The van der Waals surface area contributed by atoms with Crippen LogP contribution < -0.4 is 0 Å². The Kier molecular flexibility index (Phi) is 3.76. The van der Waals surface area contributed by atoms with Crippen molar-refractivity contribution >= 4 is 0 Å². The zero-order chi connectivity index (χ0) is 13.2. The molecular weight excluding hydrogens is 238 g/mol. The highest BCUT2D eigenvalue weighted by Gasteiger charge is 2.32. The molecule has 1 aromatic carbocycles. The van der Waals surface area contributed by atoms with Crippen LogP contribution in [0.25, 0.3) is 0 Å². The molecule has 3 rings (SSSR count). The Balaban J connectivity index is 1.79. The van der Waals surface area contributed by atoms with E-state index in [1.165, 1.54) is 30.4 Å². The standard InChI is InChI=1S/C16H23NO2/c1-19-11-12-8-9-17(10-12)15-6-2-5-14-13(15)4-3-7-16(14)18/h3-4,7,12,15,18H,2,5-6,8-11H2,1H3. The number of methoxy groups -OCH3 is 1. The first-order chi connectivity index (χ1) is 9.29. The number of nitrogens with zero attached hydrogens (tertiary/aromatic N) is 1. The van der Waals surface area contributed by atoms with Crippen molar-refractivity contribution in [2.75, 3.05) is 26.8 Å². The molecule has 0 bridgehead atoms. The summed E-state index contributed by atoms with van der Waals surface area (Å²) >= 11 is 0. The first-order valence-electron chi connectivity index (χ1n) is 7.33. The van der Waals surface area contributed by atoms with E-state index in [4.69, 9.17) is 4.74 Å². The molecule has 1 heterocycles. The van der Waals surface area contributed by atoms with E-state index in [0.717, 1.165) is 26.1 Å². The third kappa shape index (κ3) is 2.49. The molecule has 1 N–H and O–H groups in total. The van der Waals surface area contributed by atoms with Gasteiger partial charge in [-0.2, -0.15) is 0 Å². The molecule has 3 heteroatoms. The lowest BCUT2D eigenvalue weighted by Gasteiger charge is -2.33. The largest absolute Gasteiger partial charge is 0.508 e. The van der Waals surface area contributed by atoms with Gasteiger partial charge < -0.3 is 9.84 Å². The smallest absolute Gasteiger partial charge is 0.119 e. The van der Waals surface area contributed by atoms with Crippen molar-refractivity contribution in [2.45, 2.75) is 31.7 Å². The summed E-state index contributed by atoms with van der Waals surface area (Å²) in [6.45, 7) is 3.16. The Hall–Kier alpha value is -1.06. The predicted molar refractivity (Wildman–Crippen MR) is 75.3 cm³/mol. The number of hydrogen-bond donors (Lipinski definition) is 1. The minimum absolute atomic E-state index is 0.481. The molecule has 0 amide bonds. The van der Waals surface area contributed by atoms with Gasteiger partial charge in [0.2, 0.25) is 0 Å². The van der Waals surface area contributed by atoms with E-state index in [-0.39, 0.29) is 0 Å². The lowest BCUT2D eigenvalue weighted by Crippen LogP contribution is -2.30. The van der Waals surface area contributed by atoms with Crippen molar-refractivity contribution in [3.63, 3.8) is 0 Å². The molecule has 2 atom stereocenters. The van der Waals surface area contributed by atoms with Crippen molar-refractivity contribution in [3.8, 4) is 5.75 Å². The van der Waals surface area contributed by atoms with Crippen molar-refractivity contribution in [1.29, 1.82) is 0 Å². The van der Waals surface area contributed by atoms with Crippen LogP contribution in [0.4, 0.5) is 0 Å². The number of phenolic OH excluding ortho intramolecular Hbond substituents is 1. The average molecular weight is 261 g/mol. The van der Waals surface area contributed by atoms with Gasteiger partial charge in [-0.25, -0.2) is 0 Å². The third-order valence-corrected chi connectivity index (χ3v) is 4.61. The predicted octanol–water partition coefficient (Wildman–Crippen LogP) is 2.74. The van der Waals surface area contributed by atoms with Crippen LogP contribution in [0.2, 0.25) is 0 Å². The Morgan fingerprint density at radius 1 is 1.37 bits per heavy atom. The quantitative estimate of drug-likeness (QED) is 0.908. The van der Waals surface area contributed by atoms with E-state index in [1.54, 1.807) is 7.11 Å². The minimum Gasteiger partial charge on any atom is -0.508 e. The lowest BCUT2D eigenvalue weighted by atomic mass is 9.86. The molecular formula is C16H23NO2. The second kappa shape index (κ2) is 5.51. The zero-order valence-electron chi connectivity index (χ0n) is 11.6. The van der Waals surface area contributed by atoms with Gasteiger partial charge in [-0.15, -0.1) is 0 Å². The van der Waals surface area contributed by atoms with Crippen LogP contribution >= 0.6 is 0 Å². The van der Waals surface area contributed by atoms with Crippen molar-refractivity contribution < 1.29 is 9.84 Å². The van der Waals surface area contributed by atoms with Crippen LogP contribution in [0.5, 0.6) is 5.75 Å². The van der Waals surface area contributed by atoms with Crippen molar-refractivity contribution in [3.05, 3.63) is 29.3 Å². The van der Waals surface area contributed by atoms with Gasteiger partial charge in [-0.05, 0) is 55.3 Å². The highest BCUT2D eigenvalue weighted by atomic mass is 16.5. The molecule has 2 aliphatic rings. The minimum atomic E-state index is 0.481. The zero-order valence-corrected chi connectivity index (χ0v) is 11.6. The number of ether oxygens (including phenoxy) is 1. The summed E-state index contributed by atoms with van der Waals surface area (Å²) in [5.41, 5.74) is 2.53. The van der Waals surface area contributed by atoms with Crippen LogP contribution in [-0.4, -0.2) is 36.8 Å². The number of phenols is 1. The Labute approximate surface area is 115 Å². The normalized spacial score (nSPS) is 27.4. The fourth-order valence-electron chi connectivity index (χ4n) is 3.70. The summed E-state index contributed by atoms with van der Waals surface area (Å²) in [5, 5.41) is 10.0. The maximum Gasteiger partial charge on any atom is 0.119 e. The first-order valence-corrected chi connectivity index (χ1v) is 7.33. The molecule has 1 saturated heterocycles. The molecule has 0 saturated carbocycles. The second-order valence-corrected chi connectivity index (χ2v) is 5.86. The van der Waals surface area contributed by atoms with E-state index in [9.17, 15) is 5.11 Å². The Morgan fingerprint density at radius 3 is 3.11 bits per heavy atom. The summed E-state index contributed by atoms with van der Waals surface area (Å²) in [4.78, 5) is 2.58. The summed E-state index contributed by atoms with van der Waals surface area (Å²) in [6, 6.07) is 6.49. The monoisotopic (exact) mass is 261 g/mol. The molecule has 3 nitrogen and oxygen atoms in total. The second-order valence-electron chi connectivity index (χ2n) is 5.86. The maximum absolute atomic E-state index is 10.0. The Morgan fingerprint density at radius 2 is 2.26 bits per heavy atom. The average Bonchev–Trinajstić information content (AvgIpc) is 2.88. The van der Waals surface area contributed by atoms with Gasteiger partial charge in [0, 0.05) is 19.7 Å². The molecule has 2 unspecified atom stereocenters. The van der Waals surface area contributed by atoms with E-state index in [0.29, 0.717) is 17.7 Å². The SMILES string of the molecule is COCC1CCN(C2CCCc3c(O)cccc32)C1. The molecule has 0 aromatic heterocycles. The fraction of sp³-hybridized carbons (Fsp3) is 0.625.